The van der Waals surface area contributed by atoms with Gasteiger partial charge in [0.15, 0.2) is 0 Å². The Kier molecular flexibility index (Phi) is 5.64. The van der Waals surface area contributed by atoms with E-state index >= 15 is 0 Å². The van der Waals surface area contributed by atoms with Crippen molar-refractivity contribution in [3.8, 4) is 0 Å². The molecular weight excluding hydrogens is 368 g/mol. The van der Waals surface area contributed by atoms with Gasteiger partial charge in [-0.05, 0) is 43.5 Å². The number of aromatic nitrogens is 1. The van der Waals surface area contributed by atoms with Gasteiger partial charge in [-0.2, -0.15) is 0 Å². The Morgan fingerprint density at radius 2 is 1.79 bits per heavy atom. The highest BCUT2D eigenvalue weighted by atomic mass is 16.6. The molecule has 0 unspecified atom stereocenters. The molecule has 7 nitrogen and oxygen atoms in total. The molecule has 1 fully saturated rings. The van der Waals surface area contributed by atoms with Gasteiger partial charge in [0.05, 0.1) is 6.61 Å². The highest BCUT2D eigenvalue weighted by Crippen LogP contribution is 2.33. The van der Waals surface area contributed by atoms with E-state index in [9.17, 15) is 9.59 Å². The number of pyridine rings is 1. The molecule has 29 heavy (non-hydrogen) atoms. The Bertz CT molecular complexity index is 893. The first-order chi connectivity index (χ1) is 14.2. The minimum absolute atomic E-state index is 0.0966. The summed E-state index contributed by atoms with van der Waals surface area (Å²) >= 11 is 0. The normalized spacial score (nSPS) is 16.4. The van der Waals surface area contributed by atoms with E-state index < -0.39 is 0 Å². The van der Waals surface area contributed by atoms with Gasteiger partial charge < -0.3 is 19.4 Å². The number of piperazine rings is 1. The van der Waals surface area contributed by atoms with Gasteiger partial charge in [-0.15, -0.1) is 0 Å². The summed E-state index contributed by atoms with van der Waals surface area (Å²) in [6, 6.07) is 12.2. The number of rotatable bonds is 3. The number of benzene rings is 1. The molecule has 1 aromatic heterocycles. The Balaban J connectivity index is 1.47. The van der Waals surface area contributed by atoms with Gasteiger partial charge in [-0.25, -0.2) is 4.79 Å². The molecule has 0 N–H and O–H groups in total. The molecule has 0 aliphatic carbocycles. The first-order valence-corrected chi connectivity index (χ1v) is 10.2. The van der Waals surface area contributed by atoms with Crippen LogP contribution in [0, 0.1) is 0 Å². The van der Waals surface area contributed by atoms with Crippen LogP contribution in [0.25, 0.3) is 0 Å². The Hall–Kier alpha value is -3.09. The molecule has 0 saturated carbocycles. The van der Waals surface area contributed by atoms with Crippen LogP contribution < -0.4 is 4.90 Å². The van der Waals surface area contributed by atoms with Gasteiger partial charge in [0.2, 0.25) is 0 Å². The molecule has 152 valence electrons. The zero-order valence-electron chi connectivity index (χ0n) is 16.7. The molecule has 0 bridgehead atoms. The first kappa shape index (κ1) is 19.2. The second-order valence-electron chi connectivity index (χ2n) is 7.26. The molecule has 1 saturated heterocycles. The van der Waals surface area contributed by atoms with Gasteiger partial charge in [0.1, 0.15) is 5.69 Å². The van der Waals surface area contributed by atoms with Crippen molar-refractivity contribution >= 4 is 23.4 Å². The van der Waals surface area contributed by atoms with E-state index in [0.29, 0.717) is 38.5 Å². The standard InChI is InChI=1S/C22H26N4O3/c1-2-29-22(28)25-14-12-24(13-15-25)21(27)19-16-18(9-10-23-19)26-11-5-7-17-6-3-4-8-20(17)26/h3-4,6,8-10,16H,2,5,7,11-15H2,1H3. The summed E-state index contributed by atoms with van der Waals surface area (Å²) in [4.78, 5) is 34.8. The molecule has 2 aromatic rings. The van der Waals surface area contributed by atoms with Gasteiger partial charge in [0.25, 0.3) is 5.91 Å². The van der Waals surface area contributed by atoms with Crippen molar-refractivity contribution in [2.24, 2.45) is 0 Å². The number of aryl methyl sites for hydroxylation is 1. The topological polar surface area (TPSA) is 66.0 Å². The quantitative estimate of drug-likeness (QED) is 0.800. The maximum Gasteiger partial charge on any atom is 0.409 e. The zero-order chi connectivity index (χ0) is 20.2. The van der Waals surface area contributed by atoms with Gasteiger partial charge in [0, 0.05) is 50.3 Å². The molecule has 4 rings (SSSR count). The SMILES string of the molecule is CCOC(=O)N1CCN(C(=O)c2cc(N3CCCc4ccccc43)ccn2)CC1. The van der Waals surface area contributed by atoms with Crippen molar-refractivity contribution in [3.05, 3.63) is 53.9 Å². The summed E-state index contributed by atoms with van der Waals surface area (Å²) in [6.45, 7) is 4.98. The van der Waals surface area contributed by atoms with E-state index in [1.165, 1.54) is 11.3 Å². The summed E-state index contributed by atoms with van der Waals surface area (Å²) in [5.41, 5.74) is 3.96. The van der Waals surface area contributed by atoms with Crippen LogP contribution in [-0.4, -0.2) is 66.1 Å². The van der Waals surface area contributed by atoms with E-state index in [2.05, 4.69) is 28.1 Å². The predicted molar refractivity (Wildman–Crippen MR) is 111 cm³/mol. The van der Waals surface area contributed by atoms with E-state index in [1.807, 2.05) is 18.2 Å². The van der Waals surface area contributed by atoms with Crippen LogP contribution in [0.5, 0.6) is 0 Å². The van der Waals surface area contributed by atoms with Crippen LogP contribution in [0.3, 0.4) is 0 Å². The average Bonchev–Trinajstić information content (AvgIpc) is 2.78. The van der Waals surface area contributed by atoms with E-state index in [1.54, 1.807) is 22.9 Å². The fourth-order valence-electron chi connectivity index (χ4n) is 3.97. The fraction of sp³-hybridized carbons (Fsp3) is 0.409. The van der Waals surface area contributed by atoms with Crippen LogP contribution in [0.4, 0.5) is 16.2 Å². The van der Waals surface area contributed by atoms with Crippen molar-refractivity contribution in [1.82, 2.24) is 14.8 Å². The number of anilines is 2. The summed E-state index contributed by atoms with van der Waals surface area (Å²) in [5, 5.41) is 0. The molecule has 2 amide bonds. The molecule has 1 aromatic carbocycles. The smallest absolute Gasteiger partial charge is 0.409 e. The lowest BCUT2D eigenvalue weighted by Gasteiger charge is -2.34. The monoisotopic (exact) mass is 394 g/mol. The van der Waals surface area contributed by atoms with Crippen LogP contribution in [-0.2, 0) is 11.2 Å². The number of carbonyl (C=O) groups excluding carboxylic acids is 2. The van der Waals surface area contributed by atoms with E-state index in [-0.39, 0.29) is 12.0 Å². The van der Waals surface area contributed by atoms with Gasteiger partial charge in [-0.1, -0.05) is 18.2 Å². The number of ether oxygens (including phenoxy) is 1. The molecule has 3 heterocycles. The number of nitrogens with zero attached hydrogens (tertiary/aromatic N) is 4. The number of amides is 2. The van der Waals surface area contributed by atoms with Gasteiger partial charge in [-0.3, -0.25) is 9.78 Å². The number of hydrogen-bond acceptors (Lipinski definition) is 5. The van der Waals surface area contributed by atoms with Crippen molar-refractivity contribution in [1.29, 1.82) is 0 Å². The molecule has 0 atom stereocenters. The largest absolute Gasteiger partial charge is 0.450 e. The van der Waals surface area contributed by atoms with Crippen LogP contribution >= 0.6 is 0 Å². The number of carbonyl (C=O) groups is 2. The number of hydrogen-bond donors (Lipinski definition) is 0. The highest BCUT2D eigenvalue weighted by Gasteiger charge is 2.27. The van der Waals surface area contributed by atoms with Crippen molar-refractivity contribution in [3.63, 3.8) is 0 Å². The molecule has 0 radical (unpaired) electrons. The van der Waals surface area contributed by atoms with E-state index in [0.717, 1.165) is 25.1 Å². The Morgan fingerprint density at radius 1 is 1.03 bits per heavy atom. The number of para-hydroxylation sites is 1. The second-order valence-corrected chi connectivity index (χ2v) is 7.26. The summed E-state index contributed by atoms with van der Waals surface area (Å²) in [7, 11) is 0. The molecule has 0 spiro atoms. The summed E-state index contributed by atoms with van der Waals surface area (Å²) in [5.74, 6) is -0.0966. The third kappa shape index (κ3) is 4.04. The predicted octanol–water partition coefficient (Wildman–Crippen LogP) is 3.08. The Labute approximate surface area is 170 Å². The average molecular weight is 394 g/mol. The zero-order valence-corrected chi connectivity index (χ0v) is 16.7. The summed E-state index contributed by atoms with van der Waals surface area (Å²) < 4.78 is 5.04. The lowest BCUT2D eigenvalue weighted by atomic mass is 10.0. The third-order valence-electron chi connectivity index (χ3n) is 5.48. The fourth-order valence-corrected chi connectivity index (χ4v) is 3.97. The van der Waals surface area contributed by atoms with Crippen molar-refractivity contribution in [2.45, 2.75) is 19.8 Å². The minimum Gasteiger partial charge on any atom is -0.450 e. The molecule has 2 aliphatic rings. The van der Waals surface area contributed by atoms with Crippen LogP contribution in [0.2, 0.25) is 0 Å². The molecule has 2 aliphatic heterocycles. The van der Waals surface area contributed by atoms with Gasteiger partial charge >= 0.3 is 6.09 Å². The Morgan fingerprint density at radius 3 is 2.59 bits per heavy atom. The number of fused-ring (bicyclic) bond motifs is 1. The molecular formula is C22H26N4O3. The third-order valence-corrected chi connectivity index (χ3v) is 5.48. The lowest BCUT2D eigenvalue weighted by Crippen LogP contribution is -2.50. The van der Waals surface area contributed by atoms with Crippen molar-refractivity contribution < 1.29 is 14.3 Å². The van der Waals surface area contributed by atoms with E-state index in [4.69, 9.17) is 4.74 Å². The second kappa shape index (κ2) is 8.51. The summed E-state index contributed by atoms with van der Waals surface area (Å²) in [6.07, 6.45) is 3.55. The lowest BCUT2D eigenvalue weighted by molar-refractivity contribution is 0.0566. The van der Waals surface area contributed by atoms with Crippen LogP contribution in [0.15, 0.2) is 42.6 Å². The maximum absolute atomic E-state index is 13.0. The highest BCUT2D eigenvalue weighted by molar-refractivity contribution is 5.93. The molecule has 7 heteroatoms. The minimum atomic E-state index is -0.316. The van der Waals surface area contributed by atoms with Crippen molar-refractivity contribution in [2.75, 3.05) is 44.2 Å². The van der Waals surface area contributed by atoms with Crippen LogP contribution in [0.1, 0.15) is 29.4 Å². The first-order valence-electron chi connectivity index (χ1n) is 10.2. The maximum atomic E-state index is 13.0.